The van der Waals surface area contributed by atoms with Gasteiger partial charge in [0.15, 0.2) is 0 Å². The molecular weight excluding hydrogens is 242 g/mol. The molecule has 0 aromatic heterocycles. The molecule has 2 aromatic rings. The minimum Gasteiger partial charge on any atom is -0.366 e. The van der Waals surface area contributed by atoms with E-state index in [1.165, 1.54) is 6.07 Å². The zero-order chi connectivity index (χ0) is 12.6. The molecule has 0 aliphatic rings. The van der Waals surface area contributed by atoms with Gasteiger partial charge in [0.2, 0.25) is 5.91 Å². The molecule has 0 fully saturated rings. The van der Waals surface area contributed by atoms with Gasteiger partial charge >= 0.3 is 0 Å². The number of hydrogen-bond donors (Lipinski definition) is 2. The summed E-state index contributed by atoms with van der Waals surface area (Å²) in [6, 6.07) is 9.06. The Balaban J connectivity index is 2.93. The molecule has 6 heteroatoms. The molecule has 0 aliphatic heterocycles. The molecule has 0 heterocycles. The van der Waals surface area contributed by atoms with Gasteiger partial charge in [-0.25, -0.2) is 0 Å². The summed E-state index contributed by atoms with van der Waals surface area (Å²) in [7, 11) is -4.39. The van der Waals surface area contributed by atoms with E-state index in [1.54, 1.807) is 24.3 Å². The van der Waals surface area contributed by atoms with E-state index in [2.05, 4.69) is 0 Å². The Morgan fingerprint density at radius 3 is 2.41 bits per heavy atom. The average molecular weight is 251 g/mol. The maximum absolute atomic E-state index is 11.2. The van der Waals surface area contributed by atoms with E-state index in [0.29, 0.717) is 10.8 Å². The first-order valence-corrected chi connectivity index (χ1v) is 6.13. The number of benzene rings is 2. The van der Waals surface area contributed by atoms with E-state index in [9.17, 15) is 13.2 Å². The smallest absolute Gasteiger partial charge is 0.295 e. The van der Waals surface area contributed by atoms with Crippen molar-refractivity contribution in [2.24, 2.45) is 5.73 Å². The van der Waals surface area contributed by atoms with Gasteiger partial charge in [0.25, 0.3) is 10.1 Å². The first kappa shape index (κ1) is 11.6. The van der Waals surface area contributed by atoms with Crippen LogP contribution in [0.5, 0.6) is 0 Å². The quantitative estimate of drug-likeness (QED) is 0.783. The Labute approximate surface area is 97.6 Å². The Bertz CT molecular complexity index is 706. The van der Waals surface area contributed by atoms with Gasteiger partial charge in [-0.2, -0.15) is 8.42 Å². The molecule has 0 spiro atoms. The fraction of sp³-hybridized carbons (Fsp3) is 0. The van der Waals surface area contributed by atoms with E-state index in [1.807, 2.05) is 0 Å². The van der Waals surface area contributed by atoms with Crippen LogP contribution < -0.4 is 5.73 Å². The van der Waals surface area contributed by atoms with Crippen LogP contribution in [0.25, 0.3) is 10.8 Å². The molecule has 0 saturated carbocycles. The van der Waals surface area contributed by atoms with Crippen molar-refractivity contribution in [3.8, 4) is 0 Å². The molecule has 1 amide bonds. The van der Waals surface area contributed by atoms with Gasteiger partial charge in [0.1, 0.15) is 4.90 Å². The zero-order valence-electron chi connectivity index (χ0n) is 8.62. The second-order valence-corrected chi connectivity index (χ2v) is 4.92. The first-order chi connectivity index (χ1) is 7.89. The van der Waals surface area contributed by atoms with Crippen LogP contribution in [0.2, 0.25) is 0 Å². The second kappa shape index (κ2) is 3.83. The number of nitrogens with two attached hydrogens (primary N) is 1. The van der Waals surface area contributed by atoms with Crippen LogP contribution in [0, 0.1) is 0 Å². The normalized spacial score (nSPS) is 11.6. The van der Waals surface area contributed by atoms with E-state index in [-0.39, 0.29) is 10.5 Å². The van der Waals surface area contributed by atoms with Gasteiger partial charge in [0.05, 0.1) is 0 Å². The zero-order valence-corrected chi connectivity index (χ0v) is 9.44. The van der Waals surface area contributed by atoms with Crippen molar-refractivity contribution in [2.75, 3.05) is 0 Å². The Morgan fingerprint density at radius 1 is 1.18 bits per heavy atom. The molecule has 17 heavy (non-hydrogen) atoms. The van der Waals surface area contributed by atoms with Crippen LogP contribution in [0.1, 0.15) is 10.4 Å². The first-order valence-electron chi connectivity index (χ1n) is 4.69. The molecule has 0 aliphatic carbocycles. The van der Waals surface area contributed by atoms with Gasteiger partial charge in [-0.05, 0) is 17.5 Å². The van der Waals surface area contributed by atoms with Crippen LogP contribution in [-0.4, -0.2) is 18.9 Å². The Morgan fingerprint density at radius 2 is 1.82 bits per heavy atom. The highest BCUT2D eigenvalue weighted by Crippen LogP contribution is 2.24. The van der Waals surface area contributed by atoms with Crippen LogP contribution >= 0.6 is 0 Å². The predicted molar refractivity (Wildman–Crippen MR) is 62.3 cm³/mol. The third-order valence-corrected chi connectivity index (χ3v) is 3.28. The van der Waals surface area contributed by atoms with Gasteiger partial charge in [0, 0.05) is 10.9 Å². The average Bonchev–Trinajstić information content (AvgIpc) is 2.26. The number of rotatable bonds is 2. The van der Waals surface area contributed by atoms with Crippen LogP contribution in [0.3, 0.4) is 0 Å². The molecule has 5 nitrogen and oxygen atoms in total. The van der Waals surface area contributed by atoms with Gasteiger partial charge in [-0.15, -0.1) is 0 Å². The van der Waals surface area contributed by atoms with Crippen molar-refractivity contribution >= 4 is 26.8 Å². The van der Waals surface area contributed by atoms with Crippen LogP contribution in [-0.2, 0) is 10.1 Å². The monoisotopic (exact) mass is 251 g/mol. The Hall–Kier alpha value is -1.92. The minimum atomic E-state index is -4.39. The number of fused-ring (bicyclic) bond motifs is 1. The molecule has 0 atom stereocenters. The third kappa shape index (κ3) is 2.13. The minimum absolute atomic E-state index is 0.0383. The molecule has 3 N–H and O–H groups in total. The summed E-state index contributed by atoms with van der Waals surface area (Å²) in [5.74, 6) is -0.749. The van der Waals surface area contributed by atoms with E-state index in [4.69, 9.17) is 10.3 Å². The summed E-state index contributed by atoms with van der Waals surface area (Å²) >= 11 is 0. The number of amides is 1. The second-order valence-electron chi connectivity index (χ2n) is 3.53. The van der Waals surface area contributed by atoms with Crippen LogP contribution in [0.15, 0.2) is 41.3 Å². The predicted octanol–water partition coefficient (Wildman–Crippen LogP) is 1.19. The lowest BCUT2D eigenvalue weighted by molar-refractivity contribution is 0.1000. The summed E-state index contributed by atoms with van der Waals surface area (Å²) in [5.41, 5.74) is 5.14. The van der Waals surface area contributed by atoms with Crippen molar-refractivity contribution in [1.82, 2.24) is 0 Å². The SMILES string of the molecule is NC(=O)c1cc(S(=O)(=O)O)c2ccccc2c1. The van der Waals surface area contributed by atoms with Crippen LogP contribution in [0.4, 0.5) is 0 Å². The lowest BCUT2D eigenvalue weighted by Gasteiger charge is -2.06. The van der Waals surface area contributed by atoms with Crippen molar-refractivity contribution in [1.29, 1.82) is 0 Å². The van der Waals surface area contributed by atoms with Crippen molar-refractivity contribution in [3.05, 3.63) is 42.0 Å². The Kier molecular flexibility index (Phi) is 2.60. The standard InChI is InChI=1S/C11H9NO4S/c12-11(13)8-5-7-3-1-2-4-9(7)10(6-8)17(14,15)16/h1-6H,(H2,12,13)(H,14,15,16). The lowest BCUT2D eigenvalue weighted by Crippen LogP contribution is -2.12. The van der Waals surface area contributed by atoms with E-state index in [0.717, 1.165) is 6.07 Å². The number of carbonyl (C=O) groups is 1. The van der Waals surface area contributed by atoms with E-state index >= 15 is 0 Å². The lowest BCUT2D eigenvalue weighted by atomic mass is 10.1. The molecule has 2 rings (SSSR count). The number of hydrogen-bond acceptors (Lipinski definition) is 3. The molecule has 0 bridgehead atoms. The summed E-state index contributed by atoms with van der Waals surface area (Å²) in [6.07, 6.45) is 0. The summed E-state index contributed by atoms with van der Waals surface area (Å²) in [6.45, 7) is 0. The maximum Gasteiger partial charge on any atom is 0.295 e. The van der Waals surface area contributed by atoms with E-state index < -0.39 is 16.0 Å². The highest BCUT2D eigenvalue weighted by molar-refractivity contribution is 7.86. The molecule has 2 aromatic carbocycles. The largest absolute Gasteiger partial charge is 0.366 e. The molecule has 0 unspecified atom stereocenters. The van der Waals surface area contributed by atoms with Gasteiger partial charge in [-0.3, -0.25) is 9.35 Å². The van der Waals surface area contributed by atoms with Gasteiger partial charge < -0.3 is 5.73 Å². The highest BCUT2D eigenvalue weighted by atomic mass is 32.2. The highest BCUT2D eigenvalue weighted by Gasteiger charge is 2.16. The fourth-order valence-corrected chi connectivity index (χ4v) is 2.37. The fourth-order valence-electron chi connectivity index (χ4n) is 1.63. The topological polar surface area (TPSA) is 97.5 Å². The molecule has 88 valence electrons. The molecule has 0 saturated heterocycles. The summed E-state index contributed by atoms with van der Waals surface area (Å²) in [4.78, 5) is 10.8. The van der Waals surface area contributed by atoms with Crippen molar-refractivity contribution < 1.29 is 17.8 Å². The van der Waals surface area contributed by atoms with Gasteiger partial charge in [-0.1, -0.05) is 24.3 Å². The third-order valence-electron chi connectivity index (χ3n) is 2.39. The van der Waals surface area contributed by atoms with Crippen molar-refractivity contribution in [3.63, 3.8) is 0 Å². The maximum atomic E-state index is 11.2. The molecule has 0 radical (unpaired) electrons. The molecular formula is C11H9NO4S. The summed E-state index contributed by atoms with van der Waals surface area (Å²) in [5, 5.41) is 0.872. The van der Waals surface area contributed by atoms with Crippen molar-refractivity contribution in [2.45, 2.75) is 4.90 Å². The number of primary amides is 1. The number of carbonyl (C=O) groups excluding carboxylic acids is 1. The summed E-state index contributed by atoms with van der Waals surface area (Å²) < 4.78 is 31.6.